The molecule has 0 saturated carbocycles. The molecule has 1 aliphatic rings. The molecule has 1 aromatic rings. The summed E-state index contributed by atoms with van der Waals surface area (Å²) in [6.45, 7) is 3.44. The molecule has 0 spiro atoms. The standard InChI is InChI=1S/C12H19NS2/c1-10(12-5-3-7-15-12)8-13-11-4-2-6-14-9-11/h3,5,7,10-11,13H,2,4,6,8-9H2,1H3. The third kappa shape index (κ3) is 3.51. The molecule has 0 amide bonds. The molecule has 1 fully saturated rings. The maximum atomic E-state index is 3.70. The number of nitrogens with one attached hydrogen (secondary N) is 1. The lowest BCUT2D eigenvalue weighted by atomic mass is 10.1. The van der Waals surface area contributed by atoms with E-state index in [0.29, 0.717) is 5.92 Å². The SMILES string of the molecule is CC(CNC1CCCSC1)c1cccs1. The molecule has 1 aromatic heterocycles. The van der Waals surface area contributed by atoms with Crippen molar-refractivity contribution in [2.24, 2.45) is 0 Å². The molecule has 15 heavy (non-hydrogen) atoms. The summed E-state index contributed by atoms with van der Waals surface area (Å²) in [6.07, 6.45) is 2.75. The molecule has 2 unspecified atom stereocenters. The predicted molar refractivity (Wildman–Crippen MR) is 71.1 cm³/mol. The second-order valence-corrected chi connectivity index (χ2v) is 6.37. The Morgan fingerprint density at radius 3 is 3.20 bits per heavy atom. The first kappa shape index (κ1) is 11.5. The van der Waals surface area contributed by atoms with E-state index in [4.69, 9.17) is 0 Å². The Morgan fingerprint density at radius 1 is 1.60 bits per heavy atom. The molecule has 1 N–H and O–H groups in total. The van der Waals surface area contributed by atoms with Gasteiger partial charge in [-0.15, -0.1) is 11.3 Å². The van der Waals surface area contributed by atoms with Gasteiger partial charge in [0, 0.05) is 29.1 Å². The topological polar surface area (TPSA) is 12.0 Å². The molecular formula is C12H19NS2. The highest BCUT2D eigenvalue weighted by atomic mass is 32.2. The first-order chi connectivity index (χ1) is 7.36. The van der Waals surface area contributed by atoms with E-state index in [-0.39, 0.29) is 0 Å². The lowest BCUT2D eigenvalue weighted by Gasteiger charge is -2.24. The molecule has 0 radical (unpaired) electrons. The molecule has 2 heterocycles. The van der Waals surface area contributed by atoms with Crippen molar-refractivity contribution in [3.63, 3.8) is 0 Å². The summed E-state index contributed by atoms with van der Waals surface area (Å²) in [4.78, 5) is 1.51. The van der Waals surface area contributed by atoms with Gasteiger partial charge in [-0.05, 0) is 30.0 Å². The van der Waals surface area contributed by atoms with Crippen molar-refractivity contribution >= 4 is 23.1 Å². The molecule has 1 saturated heterocycles. The van der Waals surface area contributed by atoms with E-state index in [2.05, 4.69) is 41.5 Å². The second kappa shape index (κ2) is 5.92. The average molecular weight is 241 g/mol. The van der Waals surface area contributed by atoms with Crippen molar-refractivity contribution in [2.75, 3.05) is 18.1 Å². The van der Waals surface area contributed by atoms with Gasteiger partial charge in [-0.2, -0.15) is 11.8 Å². The summed E-state index contributed by atoms with van der Waals surface area (Å²) in [5.41, 5.74) is 0. The maximum absolute atomic E-state index is 3.70. The molecule has 1 aliphatic heterocycles. The minimum atomic E-state index is 0.664. The average Bonchev–Trinajstić information content (AvgIpc) is 2.81. The lowest BCUT2D eigenvalue weighted by Crippen LogP contribution is -2.35. The molecule has 2 rings (SSSR count). The Kier molecular flexibility index (Phi) is 4.54. The number of hydrogen-bond donors (Lipinski definition) is 1. The molecule has 0 bridgehead atoms. The summed E-state index contributed by atoms with van der Waals surface area (Å²) < 4.78 is 0. The largest absolute Gasteiger partial charge is 0.313 e. The smallest absolute Gasteiger partial charge is 0.0158 e. The Bertz CT molecular complexity index is 265. The van der Waals surface area contributed by atoms with Crippen LogP contribution in [-0.4, -0.2) is 24.1 Å². The zero-order valence-electron chi connectivity index (χ0n) is 9.24. The van der Waals surface area contributed by atoms with Crippen molar-refractivity contribution < 1.29 is 0 Å². The highest BCUT2D eigenvalue weighted by molar-refractivity contribution is 7.99. The van der Waals surface area contributed by atoms with Crippen LogP contribution >= 0.6 is 23.1 Å². The Balaban J connectivity index is 1.73. The minimum Gasteiger partial charge on any atom is -0.313 e. The molecule has 3 heteroatoms. The fourth-order valence-corrected chi connectivity index (χ4v) is 3.81. The number of hydrogen-bond acceptors (Lipinski definition) is 3. The van der Waals surface area contributed by atoms with Crippen LogP contribution in [-0.2, 0) is 0 Å². The van der Waals surface area contributed by atoms with Crippen LogP contribution in [0.4, 0.5) is 0 Å². The highest BCUT2D eigenvalue weighted by Crippen LogP contribution is 2.21. The molecule has 2 atom stereocenters. The Hall–Kier alpha value is 0.01000. The van der Waals surface area contributed by atoms with Gasteiger partial charge in [-0.25, -0.2) is 0 Å². The Morgan fingerprint density at radius 2 is 2.53 bits per heavy atom. The summed E-state index contributed by atoms with van der Waals surface area (Å²) in [5, 5.41) is 5.86. The third-order valence-electron chi connectivity index (χ3n) is 2.90. The summed E-state index contributed by atoms with van der Waals surface area (Å²) in [5.74, 6) is 3.33. The van der Waals surface area contributed by atoms with Crippen molar-refractivity contribution in [3.8, 4) is 0 Å². The van der Waals surface area contributed by atoms with Crippen molar-refractivity contribution in [3.05, 3.63) is 22.4 Å². The van der Waals surface area contributed by atoms with Crippen LogP contribution in [0.2, 0.25) is 0 Å². The fraction of sp³-hybridized carbons (Fsp3) is 0.667. The van der Waals surface area contributed by atoms with Crippen LogP contribution in [0.1, 0.15) is 30.6 Å². The van der Waals surface area contributed by atoms with E-state index >= 15 is 0 Å². The summed E-state index contributed by atoms with van der Waals surface area (Å²) in [6, 6.07) is 5.14. The quantitative estimate of drug-likeness (QED) is 0.868. The van der Waals surface area contributed by atoms with Crippen molar-refractivity contribution in [1.82, 2.24) is 5.32 Å². The van der Waals surface area contributed by atoms with Crippen LogP contribution in [0.15, 0.2) is 17.5 Å². The third-order valence-corrected chi connectivity index (χ3v) is 5.22. The van der Waals surface area contributed by atoms with Crippen molar-refractivity contribution in [1.29, 1.82) is 0 Å². The van der Waals surface area contributed by atoms with E-state index in [1.165, 1.54) is 29.2 Å². The van der Waals surface area contributed by atoms with Crippen LogP contribution in [0, 0.1) is 0 Å². The molecule has 0 aliphatic carbocycles. The first-order valence-corrected chi connectivity index (χ1v) is 7.74. The molecule has 1 nitrogen and oxygen atoms in total. The minimum absolute atomic E-state index is 0.664. The van der Waals surface area contributed by atoms with Crippen LogP contribution in [0.5, 0.6) is 0 Å². The van der Waals surface area contributed by atoms with Gasteiger partial charge in [-0.1, -0.05) is 13.0 Å². The van der Waals surface area contributed by atoms with Gasteiger partial charge >= 0.3 is 0 Å². The highest BCUT2D eigenvalue weighted by Gasteiger charge is 2.14. The van der Waals surface area contributed by atoms with Crippen LogP contribution in [0.25, 0.3) is 0 Å². The van der Waals surface area contributed by atoms with E-state index in [9.17, 15) is 0 Å². The second-order valence-electron chi connectivity index (χ2n) is 4.24. The molecular weight excluding hydrogens is 222 g/mol. The number of thiophene rings is 1. The number of rotatable bonds is 4. The van der Waals surface area contributed by atoms with E-state index in [1.807, 2.05) is 11.3 Å². The normalized spacial score (nSPS) is 23.9. The molecule has 84 valence electrons. The lowest BCUT2D eigenvalue weighted by molar-refractivity contribution is 0.489. The van der Waals surface area contributed by atoms with E-state index < -0.39 is 0 Å². The summed E-state index contributed by atoms with van der Waals surface area (Å²) in [7, 11) is 0. The van der Waals surface area contributed by atoms with E-state index in [1.54, 1.807) is 0 Å². The zero-order chi connectivity index (χ0) is 10.5. The van der Waals surface area contributed by atoms with Gasteiger partial charge in [0.05, 0.1) is 0 Å². The van der Waals surface area contributed by atoms with Crippen molar-refractivity contribution in [2.45, 2.75) is 31.7 Å². The van der Waals surface area contributed by atoms with Crippen LogP contribution < -0.4 is 5.32 Å². The fourth-order valence-electron chi connectivity index (χ4n) is 1.92. The molecule has 0 aromatic carbocycles. The number of thioether (sulfide) groups is 1. The van der Waals surface area contributed by atoms with Gasteiger partial charge in [-0.3, -0.25) is 0 Å². The predicted octanol–water partition coefficient (Wildman–Crippen LogP) is 3.34. The monoisotopic (exact) mass is 241 g/mol. The zero-order valence-corrected chi connectivity index (χ0v) is 10.9. The van der Waals surface area contributed by atoms with Gasteiger partial charge in [0.15, 0.2) is 0 Å². The van der Waals surface area contributed by atoms with Gasteiger partial charge in [0.25, 0.3) is 0 Å². The van der Waals surface area contributed by atoms with E-state index in [0.717, 1.165) is 12.6 Å². The van der Waals surface area contributed by atoms with Gasteiger partial charge < -0.3 is 5.32 Å². The maximum Gasteiger partial charge on any atom is 0.0158 e. The first-order valence-electron chi connectivity index (χ1n) is 5.71. The Labute approximate surface area is 101 Å². The van der Waals surface area contributed by atoms with Gasteiger partial charge in [0.1, 0.15) is 0 Å². The summed E-state index contributed by atoms with van der Waals surface area (Å²) >= 11 is 3.96. The van der Waals surface area contributed by atoms with Crippen LogP contribution in [0.3, 0.4) is 0 Å². The van der Waals surface area contributed by atoms with Gasteiger partial charge in [0.2, 0.25) is 0 Å².